The fourth-order valence-electron chi connectivity index (χ4n) is 3.74. The minimum atomic E-state index is -1.06. The molecule has 0 N–H and O–H groups in total. The molecule has 0 saturated carbocycles. The Morgan fingerprint density at radius 2 is 1.86 bits per heavy atom. The van der Waals surface area contributed by atoms with Crippen molar-refractivity contribution in [1.29, 1.82) is 0 Å². The molecule has 6 heteroatoms. The van der Waals surface area contributed by atoms with Crippen molar-refractivity contribution < 1.29 is 4.74 Å². The summed E-state index contributed by atoms with van der Waals surface area (Å²) in [6.45, 7) is 10.7. The standard InChI is InChI=1S/C23H28ClN3OSi/c1-16-10-20-17(6-7-27(20)15-28-8-9-29(3,4)5)11-19(16)21-12-18-13-23(24)25-14-22(18)26(21)2/h6-7,10-14H,8-9,15H2,1-5H3. The van der Waals surface area contributed by atoms with Crippen molar-refractivity contribution in [2.45, 2.75) is 39.3 Å². The monoisotopic (exact) mass is 425 g/mol. The zero-order valence-corrected chi connectivity index (χ0v) is 19.5. The largest absolute Gasteiger partial charge is 0.361 e. The number of fused-ring (bicyclic) bond motifs is 2. The molecule has 4 aromatic rings. The average Bonchev–Trinajstić information content (AvgIpc) is 3.17. The van der Waals surface area contributed by atoms with Crippen molar-refractivity contribution >= 4 is 41.5 Å². The molecule has 0 saturated heterocycles. The van der Waals surface area contributed by atoms with Crippen molar-refractivity contribution in [3.8, 4) is 11.3 Å². The molecule has 0 unspecified atom stereocenters. The Kier molecular flexibility index (Phi) is 5.32. The van der Waals surface area contributed by atoms with Crippen molar-refractivity contribution in [3.63, 3.8) is 0 Å². The molecule has 0 amide bonds. The predicted molar refractivity (Wildman–Crippen MR) is 125 cm³/mol. The fourth-order valence-corrected chi connectivity index (χ4v) is 4.66. The van der Waals surface area contributed by atoms with Crippen LogP contribution in [0.3, 0.4) is 0 Å². The van der Waals surface area contributed by atoms with Gasteiger partial charge in [0.1, 0.15) is 11.9 Å². The summed E-state index contributed by atoms with van der Waals surface area (Å²) in [5, 5.41) is 2.85. The molecule has 1 aromatic carbocycles. The molecule has 0 spiro atoms. The van der Waals surface area contributed by atoms with Crippen LogP contribution in [-0.2, 0) is 18.5 Å². The van der Waals surface area contributed by atoms with Gasteiger partial charge in [0.15, 0.2) is 0 Å². The second kappa shape index (κ2) is 7.63. The third-order valence-corrected chi connectivity index (χ3v) is 7.43. The summed E-state index contributed by atoms with van der Waals surface area (Å²) in [6, 6.07) is 12.0. The van der Waals surface area contributed by atoms with Crippen LogP contribution in [0.15, 0.2) is 42.7 Å². The van der Waals surface area contributed by atoms with Gasteiger partial charge in [-0.15, -0.1) is 0 Å². The first-order valence-corrected chi connectivity index (χ1v) is 14.1. The molecule has 0 aliphatic carbocycles. The van der Waals surface area contributed by atoms with Crippen LogP contribution in [-0.4, -0.2) is 28.8 Å². The number of aryl methyl sites for hydroxylation is 2. The molecule has 152 valence electrons. The van der Waals surface area contributed by atoms with E-state index in [-0.39, 0.29) is 0 Å². The van der Waals surface area contributed by atoms with Crippen LogP contribution in [0.1, 0.15) is 5.56 Å². The Morgan fingerprint density at radius 1 is 1.07 bits per heavy atom. The highest BCUT2D eigenvalue weighted by atomic mass is 35.5. The van der Waals surface area contributed by atoms with Gasteiger partial charge in [-0.3, -0.25) is 0 Å². The highest BCUT2D eigenvalue weighted by molar-refractivity contribution is 6.76. The smallest absolute Gasteiger partial charge is 0.129 e. The Morgan fingerprint density at radius 3 is 2.62 bits per heavy atom. The minimum Gasteiger partial charge on any atom is -0.361 e. The van der Waals surface area contributed by atoms with Gasteiger partial charge in [0, 0.05) is 50.0 Å². The van der Waals surface area contributed by atoms with Gasteiger partial charge in [-0.2, -0.15) is 0 Å². The van der Waals surface area contributed by atoms with Gasteiger partial charge < -0.3 is 13.9 Å². The third-order valence-electron chi connectivity index (χ3n) is 5.52. The highest BCUT2D eigenvalue weighted by Gasteiger charge is 2.14. The number of pyridine rings is 1. The average molecular weight is 426 g/mol. The van der Waals surface area contributed by atoms with E-state index in [0.717, 1.165) is 17.5 Å². The maximum absolute atomic E-state index is 6.08. The molecular formula is C23H28ClN3OSi. The van der Waals surface area contributed by atoms with E-state index in [1.54, 1.807) is 0 Å². The van der Waals surface area contributed by atoms with Crippen LogP contribution < -0.4 is 0 Å². The highest BCUT2D eigenvalue weighted by Crippen LogP contribution is 2.33. The molecule has 0 fully saturated rings. The second-order valence-corrected chi connectivity index (χ2v) is 15.0. The first-order chi connectivity index (χ1) is 13.7. The van der Waals surface area contributed by atoms with E-state index in [2.05, 4.69) is 78.2 Å². The van der Waals surface area contributed by atoms with E-state index in [1.807, 2.05) is 12.3 Å². The molecule has 29 heavy (non-hydrogen) atoms. The number of aromatic nitrogens is 3. The second-order valence-electron chi connectivity index (χ2n) is 9.01. The number of ether oxygens (including phenoxy) is 1. The normalized spacial score (nSPS) is 12.3. The summed E-state index contributed by atoms with van der Waals surface area (Å²) in [7, 11) is 1.02. The first kappa shape index (κ1) is 20.2. The van der Waals surface area contributed by atoms with Gasteiger partial charge in [0.2, 0.25) is 0 Å². The molecule has 4 rings (SSSR count). The number of rotatable bonds is 6. The molecular weight excluding hydrogens is 398 g/mol. The van der Waals surface area contributed by atoms with Crippen LogP contribution in [0.2, 0.25) is 30.8 Å². The Balaban J connectivity index is 1.65. The van der Waals surface area contributed by atoms with Crippen molar-refractivity contribution in [2.24, 2.45) is 7.05 Å². The van der Waals surface area contributed by atoms with Crippen LogP contribution in [0.4, 0.5) is 0 Å². The van der Waals surface area contributed by atoms with Crippen molar-refractivity contribution in [2.75, 3.05) is 6.61 Å². The molecule has 0 aliphatic rings. The Hall–Kier alpha value is -2.08. The van der Waals surface area contributed by atoms with Gasteiger partial charge >= 0.3 is 0 Å². The van der Waals surface area contributed by atoms with E-state index >= 15 is 0 Å². The molecule has 0 radical (unpaired) electrons. The topological polar surface area (TPSA) is 32.0 Å². The van der Waals surface area contributed by atoms with Crippen LogP contribution in [0.25, 0.3) is 33.1 Å². The van der Waals surface area contributed by atoms with Crippen LogP contribution in [0, 0.1) is 6.92 Å². The Labute approximate surface area is 178 Å². The first-order valence-electron chi connectivity index (χ1n) is 10.0. The van der Waals surface area contributed by atoms with E-state index in [1.165, 1.54) is 33.8 Å². The number of hydrogen-bond donors (Lipinski definition) is 0. The zero-order valence-electron chi connectivity index (χ0n) is 17.8. The maximum atomic E-state index is 6.08. The van der Waals surface area contributed by atoms with Crippen molar-refractivity contribution in [1.82, 2.24) is 14.1 Å². The summed E-state index contributed by atoms with van der Waals surface area (Å²) in [5.41, 5.74) is 5.93. The number of hydrogen-bond acceptors (Lipinski definition) is 2. The molecule has 0 bridgehead atoms. The van der Waals surface area contributed by atoms with E-state index in [0.29, 0.717) is 11.9 Å². The minimum absolute atomic E-state index is 0.521. The van der Waals surface area contributed by atoms with Crippen molar-refractivity contribution in [3.05, 3.63) is 53.4 Å². The summed E-state index contributed by atoms with van der Waals surface area (Å²) in [6.07, 6.45) is 3.96. The van der Waals surface area contributed by atoms with E-state index in [9.17, 15) is 0 Å². The quantitative estimate of drug-likeness (QED) is 0.201. The molecule has 3 heterocycles. The fraction of sp³-hybridized carbons (Fsp3) is 0.348. The Bertz CT molecular complexity index is 1190. The summed E-state index contributed by atoms with van der Waals surface area (Å²) in [4.78, 5) is 4.23. The molecule has 3 aromatic heterocycles. The summed E-state index contributed by atoms with van der Waals surface area (Å²) in [5.74, 6) is 0. The lowest BCUT2D eigenvalue weighted by Gasteiger charge is -2.16. The lowest BCUT2D eigenvalue weighted by Crippen LogP contribution is -2.21. The number of halogens is 1. The SMILES string of the molecule is Cc1cc2c(ccn2COCC[Si](C)(C)C)cc1-c1cc2cc(Cl)ncc2n1C. The van der Waals surface area contributed by atoms with Gasteiger partial charge in [-0.25, -0.2) is 4.98 Å². The van der Waals surface area contributed by atoms with Crippen LogP contribution in [0.5, 0.6) is 0 Å². The lowest BCUT2D eigenvalue weighted by molar-refractivity contribution is 0.0902. The van der Waals surface area contributed by atoms with Gasteiger partial charge in [-0.05, 0) is 48.9 Å². The lowest BCUT2D eigenvalue weighted by atomic mass is 10.0. The van der Waals surface area contributed by atoms with Gasteiger partial charge in [0.25, 0.3) is 0 Å². The number of nitrogens with zero attached hydrogens (tertiary/aromatic N) is 3. The number of benzene rings is 1. The molecule has 4 nitrogen and oxygen atoms in total. The zero-order chi connectivity index (χ0) is 20.8. The van der Waals surface area contributed by atoms with E-state index in [4.69, 9.17) is 16.3 Å². The third kappa shape index (κ3) is 4.13. The summed E-state index contributed by atoms with van der Waals surface area (Å²) < 4.78 is 10.3. The van der Waals surface area contributed by atoms with E-state index < -0.39 is 8.07 Å². The maximum Gasteiger partial charge on any atom is 0.129 e. The summed E-state index contributed by atoms with van der Waals surface area (Å²) >= 11 is 6.08. The van der Waals surface area contributed by atoms with Crippen LogP contribution >= 0.6 is 11.6 Å². The van der Waals surface area contributed by atoms with Gasteiger partial charge in [-0.1, -0.05) is 31.2 Å². The van der Waals surface area contributed by atoms with Gasteiger partial charge in [0.05, 0.1) is 17.2 Å². The predicted octanol–water partition coefficient (Wildman–Crippen LogP) is 6.47. The molecule has 0 atom stereocenters. The molecule has 0 aliphatic heterocycles.